The van der Waals surface area contributed by atoms with E-state index in [1.807, 2.05) is 0 Å². The Bertz CT molecular complexity index is 723. The standard InChI is InChI=1S/C16H19N5O3/c1-24-10-13(17)14-9-18-19-21(14)8-4-7-20-15(22)11-5-2-3-6-12(11)16(20)23/h2-3,5-6,9,13H,4,7-8,10,17H2,1H3. The molecule has 0 fully saturated rings. The van der Waals surface area contributed by atoms with Crippen molar-refractivity contribution in [1.82, 2.24) is 19.9 Å². The second kappa shape index (κ2) is 6.90. The van der Waals surface area contributed by atoms with E-state index in [0.717, 1.165) is 5.69 Å². The van der Waals surface area contributed by atoms with Crippen molar-refractivity contribution in [2.24, 2.45) is 5.73 Å². The molecule has 0 aliphatic carbocycles. The van der Waals surface area contributed by atoms with E-state index in [-0.39, 0.29) is 17.9 Å². The summed E-state index contributed by atoms with van der Waals surface area (Å²) in [5, 5.41) is 7.87. The lowest BCUT2D eigenvalue weighted by Crippen LogP contribution is -2.31. The average molecular weight is 329 g/mol. The number of nitrogens with zero attached hydrogens (tertiary/aromatic N) is 4. The van der Waals surface area contributed by atoms with E-state index in [4.69, 9.17) is 10.5 Å². The highest BCUT2D eigenvalue weighted by molar-refractivity contribution is 6.21. The molecule has 0 spiro atoms. The molecular weight excluding hydrogens is 310 g/mol. The summed E-state index contributed by atoms with van der Waals surface area (Å²) in [6.45, 7) is 1.21. The lowest BCUT2D eigenvalue weighted by molar-refractivity contribution is 0.0650. The van der Waals surface area contributed by atoms with Crippen molar-refractivity contribution < 1.29 is 14.3 Å². The largest absolute Gasteiger partial charge is 0.383 e. The fraction of sp³-hybridized carbons (Fsp3) is 0.375. The van der Waals surface area contributed by atoms with Crippen LogP contribution in [0.25, 0.3) is 0 Å². The van der Waals surface area contributed by atoms with Gasteiger partial charge in [0.15, 0.2) is 0 Å². The van der Waals surface area contributed by atoms with Gasteiger partial charge in [-0.3, -0.25) is 14.5 Å². The van der Waals surface area contributed by atoms with Crippen molar-refractivity contribution in [3.63, 3.8) is 0 Å². The minimum absolute atomic E-state index is 0.245. The number of aryl methyl sites for hydroxylation is 1. The van der Waals surface area contributed by atoms with Gasteiger partial charge < -0.3 is 10.5 Å². The van der Waals surface area contributed by atoms with Gasteiger partial charge in [-0.15, -0.1) is 5.10 Å². The first kappa shape index (κ1) is 16.3. The SMILES string of the molecule is COCC(N)c1cnnn1CCCN1C(=O)c2ccccc2C1=O. The third-order valence-electron chi connectivity index (χ3n) is 4.00. The number of amides is 2. The number of benzene rings is 1. The Balaban J connectivity index is 1.61. The number of carbonyl (C=O) groups is 2. The van der Waals surface area contributed by atoms with Crippen molar-refractivity contribution in [2.45, 2.75) is 19.0 Å². The number of ether oxygens (including phenoxy) is 1. The molecule has 2 amide bonds. The molecule has 1 unspecified atom stereocenters. The lowest BCUT2D eigenvalue weighted by Gasteiger charge is -2.15. The summed E-state index contributed by atoms with van der Waals surface area (Å²) >= 11 is 0. The van der Waals surface area contributed by atoms with E-state index in [1.54, 1.807) is 42.3 Å². The smallest absolute Gasteiger partial charge is 0.261 e. The third-order valence-corrected chi connectivity index (χ3v) is 4.00. The second-order valence-electron chi connectivity index (χ2n) is 5.60. The monoisotopic (exact) mass is 329 g/mol. The van der Waals surface area contributed by atoms with Gasteiger partial charge in [-0.2, -0.15) is 0 Å². The fourth-order valence-corrected chi connectivity index (χ4v) is 2.81. The van der Waals surface area contributed by atoms with E-state index in [9.17, 15) is 9.59 Å². The first-order valence-electron chi connectivity index (χ1n) is 7.71. The zero-order valence-corrected chi connectivity index (χ0v) is 13.4. The van der Waals surface area contributed by atoms with Gasteiger partial charge in [-0.1, -0.05) is 17.3 Å². The quantitative estimate of drug-likeness (QED) is 0.747. The first-order chi connectivity index (χ1) is 11.6. The minimum Gasteiger partial charge on any atom is -0.383 e. The Morgan fingerprint density at radius 1 is 1.17 bits per heavy atom. The van der Waals surface area contributed by atoms with E-state index < -0.39 is 0 Å². The molecule has 1 atom stereocenters. The van der Waals surface area contributed by atoms with Crippen LogP contribution in [0.4, 0.5) is 0 Å². The Hall–Kier alpha value is -2.58. The van der Waals surface area contributed by atoms with Gasteiger partial charge in [-0.25, -0.2) is 4.68 Å². The molecular formula is C16H19N5O3. The number of methoxy groups -OCH3 is 1. The number of aromatic nitrogens is 3. The zero-order valence-electron chi connectivity index (χ0n) is 13.4. The average Bonchev–Trinajstić information content (AvgIpc) is 3.14. The Labute approximate surface area is 139 Å². The van der Waals surface area contributed by atoms with Gasteiger partial charge in [0.25, 0.3) is 11.8 Å². The molecule has 8 nitrogen and oxygen atoms in total. The van der Waals surface area contributed by atoms with E-state index in [2.05, 4.69) is 10.3 Å². The summed E-state index contributed by atoms with van der Waals surface area (Å²) in [4.78, 5) is 25.9. The number of rotatable bonds is 7. The predicted octanol–water partition coefficient (Wildman–Crippen LogP) is 0.611. The highest BCUT2D eigenvalue weighted by Gasteiger charge is 2.34. The summed E-state index contributed by atoms with van der Waals surface area (Å²) in [5.41, 5.74) is 7.69. The summed E-state index contributed by atoms with van der Waals surface area (Å²) < 4.78 is 6.72. The molecule has 0 bridgehead atoms. The zero-order chi connectivity index (χ0) is 17.1. The summed E-state index contributed by atoms with van der Waals surface area (Å²) in [7, 11) is 1.58. The molecule has 24 heavy (non-hydrogen) atoms. The number of nitrogens with two attached hydrogens (primary N) is 1. The fourth-order valence-electron chi connectivity index (χ4n) is 2.81. The van der Waals surface area contributed by atoms with Gasteiger partial charge in [0.1, 0.15) is 0 Å². The molecule has 1 aliphatic rings. The molecule has 2 heterocycles. The maximum atomic E-state index is 12.3. The van der Waals surface area contributed by atoms with Crippen molar-refractivity contribution >= 4 is 11.8 Å². The van der Waals surface area contributed by atoms with Crippen LogP contribution in [0.5, 0.6) is 0 Å². The molecule has 3 rings (SSSR count). The van der Waals surface area contributed by atoms with Crippen LogP contribution in [0.3, 0.4) is 0 Å². The summed E-state index contributed by atoms with van der Waals surface area (Å²) in [6, 6.07) is 6.55. The number of hydrogen-bond donors (Lipinski definition) is 1. The molecule has 1 aliphatic heterocycles. The highest BCUT2D eigenvalue weighted by atomic mass is 16.5. The van der Waals surface area contributed by atoms with Crippen LogP contribution in [0.15, 0.2) is 30.5 Å². The van der Waals surface area contributed by atoms with Crippen LogP contribution in [-0.2, 0) is 11.3 Å². The Morgan fingerprint density at radius 2 is 1.83 bits per heavy atom. The van der Waals surface area contributed by atoms with Gasteiger partial charge in [0.2, 0.25) is 0 Å². The number of fused-ring (bicyclic) bond motifs is 1. The van der Waals surface area contributed by atoms with Crippen LogP contribution in [-0.4, -0.2) is 52.0 Å². The van der Waals surface area contributed by atoms with Gasteiger partial charge in [-0.05, 0) is 18.6 Å². The summed E-state index contributed by atoms with van der Waals surface area (Å²) in [5.74, 6) is -0.490. The van der Waals surface area contributed by atoms with Crippen LogP contribution < -0.4 is 5.73 Å². The van der Waals surface area contributed by atoms with Crippen molar-refractivity contribution in [1.29, 1.82) is 0 Å². The molecule has 1 aromatic carbocycles. The lowest BCUT2D eigenvalue weighted by atomic mass is 10.1. The minimum atomic E-state index is -0.315. The van der Waals surface area contributed by atoms with Crippen LogP contribution in [0.1, 0.15) is 38.9 Å². The maximum Gasteiger partial charge on any atom is 0.261 e. The van der Waals surface area contributed by atoms with Crippen molar-refractivity contribution in [3.05, 3.63) is 47.3 Å². The van der Waals surface area contributed by atoms with Gasteiger partial charge >= 0.3 is 0 Å². The molecule has 0 saturated carbocycles. The Kier molecular flexibility index (Phi) is 4.68. The Morgan fingerprint density at radius 3 is 2.46 bits per heavy atom. The maximum absolute atomic E-state index is 12.3. The van der Waals surface area contributed by atoms with Gasteiger partial charge in [0, 0.05) is 20.2 Å². The molecule has 0 radical (unpaired) electrons. The predicted molar refractivity (Wildman–Crippen MR) is 85.3 cm³/mol. The molecule has 2 aromatic rings. The van der Waals surface area contributed by atoms with Crippen LogP contribution >= 0.6 is 0 Å². The topological polar surface area (TPSA) is 103 Å². The van der Waals surface area contributed by atoms with Gasteiger partial charge in [0.05, 0.1) is 35.7 Å². The molecule has 0 saturated heterocycles. The first-order valence-corrected chi connectivity index (χ1v) is 7.71. The normalized spacial score (nSPS) is 15.0. The second-order valence-corrected chi connectivity index (χ2v) is 5.60. The summed E-state index contributed by atoms with van der Waals surface area (Å²) in [6.07, 6.45) is 2.17. The molecule has 1 aromatic heterocycles. The number of imide groups is 1. The van der Waals surface area contributed by atoms with E-state index in [1.165, 1.54) is 4.90 Å². The third kappa shape index (κ3) is 2.93. The van der Waals surface area contributed by atoms with Crippen molar-refractivity contribution in [2.75, 3.05) is 20.3 Å². The van der Waals surface area contributed by atoms with E-state index >= 15 is 0 Å². The van der Waals surface area contributed by atoms with E-state index in [0.29, 0.717) is 37.2 Å². The highest BCUT2D eigenvalue weighted by Crippen LogP contribution is 2.22. The molecule has 2 N–H and O–H groups in total. The molecule has 8 heteroatoms. The van der Waals surface area contributed by atoms with Crippen LogP contribution in [0.2, 0.25) is 0 Å². The number of hydrogen-bond acceptors (Lipinski definition) is 6. The molecule has 126 valence electrons. The van der Waals surface area contributed by atoms with Crippen LogP contribution in [0, 0.1) is 0 Å². The number of carbonyl (C=O) groups excluding carboxylic acids is 2. The van der Waals surface area contributed by atoms with Crippen molar-refractivity contribution in [3.8, 4) is 0 Å².